The van der Waals surface area contributed by atoms with E-state index in [1.54, 1.807) is 5.56 Å². The molecule has 0 unspecified atom stereocenters. The van der Waals surface area contributed by atoms with Crippen LogP contribution in [0.3, 0.4) is 0 Å². The van der Waals surface area contributed by atoms with Crippen molar-refractivity contribution in [3.8, 4) is 22.3 Å². The third-order valence-electron chi connectivity index (χ3n) is 19.2. The molecule has 0 spiro atoms. The molecule has 0 amide bonds. The van der Waals surface area contributed by atoms with E-state index in [9.17, 15) is 0 Å². The zero-order valence-electron chi connectivity index (χ0n) is 47.2. The van der Waals surface area contributed by atoms with Crippen LogP contribution in [-0.2, 0) is 27.1 Å². The van der Waals surface area contributed by atoms with Gasteiger partial charge in [-0.15, -0.1) is 0 Å². The largest absolute Gasteiger partial charge is 0.311 e. The van der Waals surface area contributed by atoms with Crippen molar-refractivity contribution in [2.75, 3.05) is 9.80 Å². The molecule has 2 nitrogen and oxygen atoms in total. The summed E-state index contributed by atoms with van der Waals surface area (Å²) in [6, 6.07) is 69.2. The van der Waals surface area contributed by atoms with E-state index in [0.717, 1.165) is 17.8 Å². The topological polar surface area (TPSA) is 6.48 Å². The minimum atomic E-state index is -0.249. The van der Waals surface area contributed by atoms with Gasteiger partial charge >= 0.3 is 0 Å². The van der Waals surface area contributed by atoms with Gasteiger partial charge in [-0.1, -0.05) is 204 Å². The minimum Gasteiger partial charge on any atom is -0.311 e. The van der Waals surface area contributed by atoms with Crippen molar-refractivity contribution in [1.82, 2.24) is 0 Å². The SMILES string of the molecule is CC(C)(C)c1ccc2c(c1)B1c3ccc(C(C)(C)c4ccccc4)cc3N(c3ccc(C(C)(C)C)cc3-c3ccccc3)c3cc(C45CC6CC(CC(C6)C4)C5)cc(c31)N2c1ccc(C(C)(C)C)cc1-c1ccccc1. The van der Waals surface area contributed by atoms with Crippen molar-refractivity contribution in [3.05, 3.63) is 209 Å². The average molecular weight is 993 g/mol. The second kappa shape index (κ2) is 17.5. The molecule has 4 saturated carbocycles. The number of rotatable bonds is 7. The van der Waals surface area contributed by atoms with Gasteiger partial charge in [0, 0.05) is 39.3 Å². The smallest absolute Gasteiger partial charge is 0.252 e. The van der Waals surface area contributed by atoms with E-state index in [0.29, 0.717) is 0 Å². The predicted molar refractivity (Wildman–Crippen MR) is 326 cm³/mol. The zero-order valence-corrected chi connectivity index (χ0v) is 47.2. The summed E-state index contributed by atoms with van der Waals surface area (Å²) in [5.74, 6) is 2.42. The Morgan fingerprint density at radius 2 is 0.789 bits per heavy atom. The molecular weight excluding hydrogens is 916 g/mol. The Bertz CT molecular complexity index is 3510. The van der Waals surface area contributed by atoms with Crippen LogP contribution in [0.15, 0.2) is 176 Å². The quantitative estimate of drug-likeness (QED) is 0.147. The predicted octanol–water partition coefficient (Wildman–Crippen LogP) is 17.8. The van der Waals surface area contributed by atoms with E-state index < -0.39 is 0 Å². The highest BCUT2D eigenvalue weighted by molar-refractivity contribution is 7.00. The summed E-state index contributed by atoms with van der Waals surface area (Å²) in [6.07, 6.45) is 8.12. The fraction of sp³-hybridized carbons (Fsp3) is 0.342. The van der Waals surface area contributed by atoms with Crippen LogP contribution in [-0.4, -0.2) is 6.71 Å². The lowest BCUT2D eigenvalue weighted by molar-refractivity contribution is -0.00514. The fourth-order valence-electron chi connectivity index (χ4n) is 15.3. The number of hydrogen-bond donors (Lipinski definition) is 0. The molecule has 2 heterocycles. The molecule has 0 N–H and O–H groups in total. The van der Waals surface area contributed by atoms with E-state index in [4.69, 9.17) is 0 Å². The summed E-state index contributed by atoms with van der Waals surface area (Å²) in [6.45, 7) is 26.1. The molecule has 3 heteroatoms. The highest BCUT2D eigenvalue weighted by Crippen LogP contribution is 2.62. The molecular formula is C73H77BN2. The van der Waals surface area contributed by atoms with Gasteiger partial charge in [-0.05, 0) is 187 Å². The third kappa shape index (κ3) is 8.03. The standard InChI is InChI=1S/C73H77BN2/c1-69(2,3)53-28-32-62(58(38-53)50-21-15-12-16-22-50)75-64-34-30-55(71(7,8)9)40-61(64)74-60-31-27-56(72(10,11)52-25-19-14-20-26-52)41-65(60)76(63-33-29-54(70(4,5)6)39-59(63)51-23-17-13-18-24-51)67-43-57(42-66(75)68(67)74)73-44-47-35-48(45-73)37-49(36-47)46-73/h12-34,38-43,47-49H,35-37,44-46H2,1-11H3. The molecule has 14 rings (SSSR count). The maximum absolute atomic E-state index is 2.77. The van der Waals surface area contributed by atoms with Crippen LogP contribution in [0.2, 0.25) is 0 Å². The Morgan fingerprint density at radius 1 is 0.368 bits per heavy atom. The highest BCUT2D eigenvalue weighted by atomic mass is 15.2. The van der Waals surface area contributed by atoms with E-state index in [1.165, 1.54) is 139 Å². The van der Waals surface area contributed by atoms with Crippen LogP contribution in [0.1, 0.15) is 148 Å². The molecule has 0 atom stereocenters. The number of anilines is 6. The summed E-state index contributed by atoms with van der Waals surface area (Å²) in [5.41, 5.74) is 24.9. The summed E-state index contributed by atoms with van der Waals surface area (Å²) < 4.78 is 0. The Hall–Kier alpha value is -6.58. The summed E-state index contributed by atoms with van der Waals surface area (Å²) >= 11 is 0. The molecule has 4 fully saturated rings. The molecule has 4 aliphatic carbocycles. The number of benzene rings is 8. The van der Waals surface area contributed by atoms with Crippen LogP contribution in [0, 0.1) is 17.8 Å². The zero-order chi connectivity index (χ0) is 52.7. The lowest BCUT2D eigenvalue weighted by Crippen LogP contribution is -2.62. The molecule has 0 saturated heterocycles. The van der Waals surface area contributed by atoms with E-state index in [-0.39, 0.29) is 33.8 Å². The van der Waals surface area contributed by atoms with Gasteiger partial charge in [0.2, 0.25) is 0 Å². The molecule has 0 radical (unpaired) electrons. The molecule has 382 valence electrons. The van der Waals surface area contributed by atoms with Crippen LogP contribution in [0.4, 0.5) is 34.1 Å². The van der Waals surface area contributed by atoms with E-state index >= 15 is 0 Å². The maximum atomic E-state index is 2.77. The normalized spacial score (nSPS) is 20.6. The summed E-state index contributed by atoms with van der Waals surface area (Å²) in [7, 11) is 0. The van der Waals surface area contributed by atoms with E-state index in [1.807, 2.05) is 0 Å². The Morgan fingerprint density at radius 3 is 1.26 bits per heavy atom. The molecule has 0 aromatic heterocycles. The van der Waals surface area contributed by atoms with Gasteiger partial charge in [0.05, 0.1) is 11.4 Å². The van der Waals surface area contributed by atoms with Crippen LogP contribution >= 0.6 is 0 Å². The lowest BCUT2D eigenvalue weighted by atomic mass is 9.33. The first-order valence-corrected chi connectivity index (χ1v) is 28.8. The van der Waals surface area contributed by atoms with Crippen LogP contribution in [0.25, 0.3) is 22.3 Å². The van der Waals surface area contributed by atoms with Gasteiger partial charge in [-0.3, -0.25) is 0 Å². The molecule has 4 bridgehead atoms. The first-order chi connectivity index (χ1) is 36.2. The van der Waals surface area contributed by atoms with Crippen molar-refractivity contribution in [1.29, 1.82) is 0 Å². The molecule has 8 aromatic carbocycles. The molecule has 76 heavy (non-hydrogen) atoms. The van der Waals surface area contributed by atoms with Crippen molar-refractivity contribution in [3.63, 3.8) is 0 Å². The number of fused-ring (bicyclic) bond motifs is 4. The van der Waals surface area contributed by atoms with Gasteiger partial charge in [0.15, 0.2) is 0 Å². The fourth-order valence-corrected chi connectivity index (χ4v) is 15.3. The number of hydrogen-bond acceptors (Lipinski definition) is 2. The van der Waals surface area contributed by atoms with Gasteiger partial charge in [0.25, 0.3) is 6.71 Å². The van der Waals surface area contributed by atoms with Crippen molar-refractivity contribution in [2.45, 2.75) is 142 Å². The lowest BCUT2D eigenvalue weighted by Gasteiger charge is -2.57. The van der Waals surface area contributed by atoms with Gasteiger partial charge in [-0.2, -0.15) is 0 Å². The average Bonchev–Trinajstić information content (AvgIpc) is 3.51. The highest BCUT2D eigenvalue weighted by Gasteiger charge is 2.53. The van der Waals surface area contributed by atoms with Gasteiger partial charge in [-0.25, -0.2) is 0 Å². The second-order valence-corrected chi connectivity index (χ2v) is 27.7. The minimum absolute atomic E-state index is 0.00727. The number of nitrogens with zero attached hydrogens (tertiary/aromatic N) is 2. The van der Waals surface area contributed by atoms with Crippen molar-refractivity contribution < 1.29 is 0 Å². The Kier molecular flexibility index (Phi) is 11.3. The monoisotopic (exact) mass is 993 g/mol. The van der Waals surface area contributed by atoms with Crippen molar-refractivity contribution >= 4 is 57.2 Å². The second-order valence-electron chi connectivity index (χ2n) is 27.7. The summed E-state index contributed by atoms with van der Waals surface area (Å²) in [4.78, 5) is 5.51. The van der Waals surface area contributed by atoms with Crippen molar-refractivity contribution in [2.24, 2.45) is 17.8 Å². The molecule has 6 aliphatic rings. The van der Waals surface area contributed by atoms with E-state index in [2.05, 4.69) is 262 Å². The van der Waals surface area contributed by atoms with Crippen LogP contribution < -0.4 is 26.2 Å². The third-order valence-corrected chi connectivity index (χ3v) is 19.2. The van der Waals surface area contributed by atoms with Crippen LogP contribution in [0.5, 0.6) is 0 Å². The molecule has 2 aliphatic heterocycles. The van der Waals surface area contributed by atoms with Gasteiger partial charge < -0.3 is 9.80 Å². The first kappa shape index (κ1) is 49.0. The maximum Gasteiger partial charge on any atom is 0.252 e. The Labute approximate surface area is 455 Å². The Balaban J connectivity index is 1.18. The summed E-state index contributed by atoms with van der Waals surface area (Å²) in [5, 5.41) is 0. The first-order valence-electron chi connectivity index (χ1n) is 28.8. The molecule has 8 aromatic rings. The van der Waals surface area contributed by atoms with Gasteiger partial charge in [0.1, 0.15) is 0 Å².